The molecule has 0 bridgehead atoms. The van der Waals surface area contributed by atoms with Crippen LogP contribution in [0.3, 0.4) is 0 Å². The van der Waals surface area contributed by atoms with Gasteiger partial charge in [-0.1, -0.05) is 19.1 Å². The molecule has 4 N–H and O–H groups in total. The Morgan fingerprint density at radius 1 is 1.27 bits per heavy atom. The van der Waals surface area contributed by atoms with Gasteiger partial charge < -0.3 is 10.4 Å². The number of carbonyl (C=O) groups is 1. The van der Waals surface area contributed by atoms with Crippen LogP contribution in [0.5, 0.6) is 0 Å². The molecular weight excluding hydrogens is 418 g/mol. The molecule has 2 aliphatic rings. The van der Waals surface area contributed by atoms with Gasteiger partial charge in [-0.2, -0.15) is 0 Å². The fourth-order valence-corrected chi connectivity index (χ4v) is 6.46. The third-order valence-electron chi connectivity index (χ3n) is 6.08. The quantitative estimate of drug-likeness (QED) is 0.494. The summed E-state index contributed by atoms with van der Waals surface area (Å²) < 4.78 is 23.7. The van der Waals surface area contributed by atoms with Crippen LogP contribution in [0.15, 0.2) is 28.5 Å². The fraction of sp³-hybridized carbons (Fsp3) is 0.500. The highest BCUT2D eigenvalue weighted by Crippen LogP contribution is 2.46. The molecule has 2 aliphatic carbocycles. The van der Waals surface area contributed by atoms with Gasteiger partial charge in [0.2, 0.25) is 0 Å². The molecule has 0 radical (unpaired) electrons. The van der Waals surface area contributed by atoms with Crippen molar-refractivity contribution in [1.29, 1.82) is 4.78 Å². The molecule has 2 amide bonds. The van der Waals surface area contributed by atoms with Crippen molar-refractivity contribution in [2.24, 2.45) is 5.92 Å². The van der Waals surface area contributed by atoms with Crippen LogP contribution in [0.4, 0.5) is 10.5 Å². The van der Waals surface area contributed by atoms with E-state index >= 15 is 0 Å². The van der Waals surface area contributed by atoms with E-state index in [1.165, 1.54) is 30.0 Å². The monoisotopic (exact) mass is 447 g/mol. The van der Waals surface area contributed by atoms with E-state index in [1.807, 2.05) is 0 Å². The van der Waals surface area contributed by atoms with E-state index in [2.05, 4.69) is 29.1 Å². The first-order valence-corrected chi connectivity index (χ1v) is 12.8. The van der Waals surface area contributed by atoms with Gasteiger partial charge in [-0.25, -0.2) is 18.5 Å². The number of fused-ring (bicyclic) bond motifs is 1. The standard InChI is InChI=1S/C22H29N3O3S2/c1-13(14-7-8-14)16-10-9-15-5-4-6-17(15)20(16)24-21(26)25-30(23,28)19-12-11-18(29-19)22(2,3)27/h9-14,27H,4-8H2,1-3H3,(H3,23,24,25,26,28)/t13-,30+/m0/s1. The van der Waals surface area contributed by atoms with Gasteiger partial charge in [-0.3, -0.25) is 0 Å². The Morgan fingerprint density at radius 2 is 2.00 bits per heavy atom. The van der Waals surface area contributed by atoms with Crippen LogP contribution in [0.1, 0.15) is 67.5 Å². The molecule has 0 unspecified atom stereocenters. The smallest absolute Gasteiger partial charge is 0.331 e. The summed E-state index contributed by atoms with van der Waals surface area (Å²) in [6.07, 6.45) is 5.43. The van der Waals surface area contributed by atoms with E-state index in [9.17, 15) is 14.1 Å². The molecule has 1 saturated carbocycles. The number of amides is 2. The molecule has 4 rings (SSSR count). The van der Waals surface area contributed by atoms with Crippen molar-refractivity contribution in [2.75, 3.05) is 5.32 Å². The molecule has 6 nitrogen and oxygen atoms in total. The van der Waals surface area contributed by atoms with Gasteiger partial charge in [0.05, 0.1) is 5.60 Å². The Kier molecular flexibility index (Phi) is 5.45. The maximum absolute atomic E-state index is 12.9. The van der Waals surface area contributed by atoms with Gasteiger partial charge in [0.25, 0.3) is 0 Å². The number of thiophene rings is 1. The molecule has 1 aromatic carbocycles. The molecule has 2 atom stereocenters. The van der Waals surface area contributed by atoms with Crippen molar-refractivity contribution in [3.8, 4) is 0 Å². The summed E-state index contributed by atoms with van der Waals surface area (Å²) in [5.74, 6) is 1.01. The van der Waals surface area contributed by atoms with Crippen molar-refractivity contribution >= 4 is 33.0 Å². The minimum atomic E-state index is -3.52. The number of aryl methyl sites for hydroxylation is 1. The predicted octanol–water partition coefficient (Wildman–Crippen LogP) is 5.12. The number of rotatable bonds is 6. The van der Waals surface area contributed by atoms with Crippen molar-refractivity contribution in [3.63, 3.8) is 0 Å². The molecule has 30 heavy (non-hydrogen) atoms. The van der Waals surface area contributed by atoms with E-state index in [1.54, 1.807) is 19.9 Å². The fourth-order valence-electron chi connectivity index (χ4n) is 4.19. The van der Waals surface area contributed by atoms with Gasteiger partial charge in [-0.15, -0.1) is 11.3 Å². The maximum atomic E-state index is 12.9. The molecular formula is C22H29N3O3S2. The molecule has 8 heteroatoms. The predicted molar refractivity (Wildman–Crippen MR) is 120 cm³/mol. The molecule has 0 spiro atoms. The summed E-state index contributed by atoms with van der Waals surface area (Å²) in [5, 5.41) is 13.1. The lowest BCUT2D eigenvalue weighted by Crippen LogP contribution is -2.34. The van der Waals surface area contributed by atoms with Crippen LogP contribution in [0, 0.1) is 10.7 Å². The Bertz CT molecular complexity index is 1080. The van der Waals surface area contributed by atoms with E-state index < -0.39 is 21.5 Å². The third-order valence-corrected chi connectivity index (χ3v) is 9.40. The third kappa shape index (κ3) is 4.26. The number of nitrogens with one attached hydrogen (secondary N) is 3. The van der Waals surface area contributed by atoms with Gasteiger partial charge in [0.15, 0.2) is 9.92 Å². The topological polar surface area (TPSA) is 102 Å². The van der Waals surface area contributed by atoms with Crippen molar-refractivity contribution in [2.45, 2.75) is 68.6 Å². The van der Waals surface area contributed by atoms with Crippen molar-refractivity contribution in [1.82, 2.24) is 4.72 Å². The van der Waals surface area contributed by atoms with Gasteiger partial charge in [0.1, 0.15) is 4.21 Å². The second-order valence-electron chi connectivity index (χ2n) is 8.94. The number of aliphatic hydroxyl groups is 1. The van der Waals surface area contributed by atoms with Crippen LogP contribution < -0.4 is 10.0 Å². The van der Waals surface area contributed by atoms with Crippen LogP contribution in [-0.4, -0.2) is 15.3 Å². The van der Waals surface area contributed by atoms with Crippen LogP contribution >= 0.6 is 11.3 Å². The Labute approximate surface area is 182 Å². The van der Waals surface area contributed by atoms with Crippen molar-refractivity contribution < 1.29 is 14.1 Å². The summed E-state index contributed by atoms with van der Waals surface area (Å²) in [6.45, 7) is 5.47. The first kappa shape index (κ1) is 21.3. The number of hydrogen-bond acceptors (Lipinski definition) is 5. The zero-order valence-electron chi connectivity index (χ0n) is 17.6. The zero-order valence-corrected chi connectivity index (χ0v) is 19.2. The summed E-state index contributed by atoms with van der Waals surface area (Å²) in [6, 6.07) is 6.85. The summed E-state index contributed by atoms with van der Waals surface area (Å²) in [7, 11) is -3.52. The van der Waals surface area contributed by atoms with Gasteiger partial charge >= 0.3 is 6.03 Å². The maximum Gasteiger partial charge on any atom is 0.331 e. The molecule has 1 aromatic heterocycles. The highest BCUT2D eigenvalue weighted by molar-refractivity contribution is 7.93. The zero-order chi connectivity index (χ0) is 21.7. The van der Waals surface area contributed by atoms with E-state index in [0.29, 0.717) is 16.7 Å². The van der Waals surface area contributed by atoms with Gasteiger partial charge in [0, 0.05) is 10.6 Å². The molecule has 1 fully saturated rings. The minimum absolute atomic E-state index is 0.222. The highest BCUT2D eigenvalue weighted by atomic mass is 32.2. The summed E-state index contributed by atoms with van der Waals surface area (Å²) >= 11 is 1.08. The Morgan fingerprint density at radius 3 is 2.63 bits per heavy atom. The van der Waals surface area contributed by atoms with E-state index in [0.717, 1.165) is 41.9 Å². The number of benzene rings is 1. The van der Waals surface area contributed by atoms with Crippen LogP contribution in [0.25, 0.3) is 0 Å². The molecule has 1 heterocycles. The second kappa shape index (κ2) is 7.66. The summed E-state index contributed by atoms with van der Waals surface area (Å²) in [4.78, 5) is 13.4. The first-order chi connectivity index (χ1) is 14.1. The molecule has 0 saturated heterocycles. The average molecular weight is 448 g/mol. The summed E-state index contributed by atoms with van der Waals surface area (Å²) in [5.41, 5.74) is 3.31. The number of hydrogen-bond donors (Lipinski definition) is 4. The molecule has 0 aliphatic heterocycles. The van der Waals surface area contributed by atoms with Crippen LogP contribution in [-0.2, 0) is 28.4 Å². The molecule has 2 aromatic rings. The largest absolute Gasteiger partial charge is 0.385 e. The average Bonchev–Trinajstić information content (AvgIpc) is 3.16. The van der Waals surface area contributed by atoms with Gasteiger partial charge in [-0.05, 0) is 86.6 Å². The Hall–Kier alpha value is -1.90. The SMILES string of the molecule is C[C@H](c1ccc2c(c1NC(=O)N[S@@](=N)(=O)c1ccc(C(C)(C)O)s1)CCC2)C1CC1. The number of anilines is 1. The normalized spacial score (nSPS) is 19.1. The lowest BCUT2D eigenvalue weighted by molar-refractivity contribution is 0.0825. The number of urea groups is 1. The van der Waals surface area contributed by atoms with E-state index in [4.69, 9.17) is 4.78 Å². The lowest BCUT2D eigenvalue weighted by atomic mass is 9.91. The van der Waals surface area contributed by atoms with E-state index in [-0.39, 0.29) is 4.21 Å². The Balaban J connectivity index is 1.57. The second-order valence-corrected chi connectivity index (χ2v) is 12.0. The lowest BCUT2D eigenvalue weighted by Gasteiger charge is -2.21. The van der Waals surface area contributed by atoms with Crippen LogP contribution in [0.2, 0.25) is 0 Å². The molecule has 162 valence electrons. The number of carbonyl (C=O) groups excluding carboxylic acids is 1. The van der Waals surface area contributed by atoms with Crippen molar-refractivity contribution in [3.05, 3.63) is 45.8 Å². The minimum Gasteiger partial charge on any atom is -0.385 e. The highest BCUT2D eigenvalue weighted by Gasteiger charge is 2.32. The first-order valence-electron chi connectivity index (χ1n) is 10.4.